The maximum Gasteiger partial charge on any atom is 0.469 e. The molecule has 0 aliphatic rings. The minimum Gasteiger partial charge on any atom is -0.462 e. The molecule has 1 unspecified atom stereocenters. The summed E-state index contributed by atoms with van der Waals surface area (Å²) in [6.45, 7) is 2.96. The SMILES string of the molecule is CCCCCCCCCCCCCC(=O)OC[C@H](CO)OC(=O)CCCCCCCCCCCCC.O=P(O)(O)OCC(O)CO. The van der Waals surface area contributed by atoms with Crippen molar-refractivity contribution in [1.82, 2.24) is 0 Å². The second-order valence-corrected chi connectivity index (χ2v) is 13.4. The molecule has 46 heavy (non-hydrogen) atoms. The second kappa shape index (κ2) is 35.2. The third kappa shape index (κ3) is 39.1. The van der Waals surface area contributed by atoms with Crippen molar-refractivity contribution in [2.75, 3.05) is 26.4 Å². The molecule has 5 N–H and O–H groups in total. The number of hydrogen-bond donors (Lipinski definition) is 5. The predicted molar refractivity (Wildman–Crippen MR) is 181 cm³/mol. The van der Waals surface area contributed by atoms with Crippen LogP contribution in [0.15, 0.2) is 0 Å². The second-order valence-electron chi connectivity index (χ2n) is 12.2. The van der Waals surface area contributed by atoms with Crippen LogP contribution in [0, 0.1) is 0 Å². The first-order chi connectivity index (χ1) is 22.1. The van der Waals surface area contributed by atoms with Gasteiger partial charge in [-0.1, -0.05) is 142 Å². The van der Waals surface area contributed by atoms with E-state index in [1.807, 2.05) is 0 Å². The van der Waals surface area contributed by atoms with Crippen LogP contribution in [0.5, 0.6) is 0 Å². The van der Waals surface area contributed by atoms with Gasteiger partial charge in [0.15, 0.2) is 6.10 Å². The number of hydrogen-bond acceptors (Lipinski definition) is 9. The summed E-state index contributed by atoms with van der Waals surface area (Å²) in [7, 11) is -4.50. The molecule has 0 aromatic rings. The molecule has 0 saturated heterocycles. The maximum atomic E-state index is 12.0. The van der Waals surface area contributed by atoms with E-state index < -0.39 is 33.2 Å². The average molecular weight is 685 g/mol. The van der Waals surface area contributed by atoms with Gasteiger partial charge in [0.2, 0.25) is 0 Å². The van der Waals surface area contributed by atoms with Crippen molar-refractivity contribution in [3.63, 3.8) is 0 Å². The molecule has 0 aliphatic heterocycles. The zero-order chi connectivity index (χ0) is 34.7. The molecule has 276 valence electrons. The Morgan fingerprint density at radius 3 is 1.28 bits per heavy atom. The van der Waals surface area contributed by atoms with Gasteiger partial charge < -0.3 is 34.6 Å². The Bertz CT molecular complexity index is 717. The number of unbranched alkanes of at least 4 members (excludes halogenated alkanes) is 20. The lowest BCUT2D eigenvalue weighted by molar-refractivity contribution is -0.161. The van der Waals surface area contributed by atoms with E-state index >= 15 is 0 Å². The zero-order valence-corrected chi connectivity index (χ0v) is 30.0. The zero-order valence-electron chi connectivity index (χ0n) is 29.1. The number of carbonyl (C=O) groups excluding carboxylic acids is 2. The smallest absolute Gasteiger partial charge is 0.462 e. The number of ether oxygens (including phenoxy) is 2. The highest BCUT2D eigenvalue weighted by Crippen LogP contribution is 2.35. The quantitative estimate of drug-likeness (QED) is 0.0273. The van der Waals surface area contributed by atoms with Gasteiger partial charge in [-0.3, -0.25) is 14.1 Å². The molecule has 0 bridgehead atoms. The van der Waals surface area contributed by atoms with Crippen LogP contribution in [0.3, 0.4) is 0 Å². The van der Waals surface area contributed by atoms with E-state index in [-0.39, 0.29) is 25.2 Å². The lowest BCUT2D eigenvalue weighted by Crippen LogP contribution is -2.28. The minimum atomic E-state index is -4.50. The van der Waals surface area contributed by atoms with Crippen LogP contribution in [-0.4, -0.2) is 75.7 Å². The summed E-state index contributed by atoms with van der Waals surface area (Å²) in [6, 6.07) is 0. The van der Waals surface area contributed by atoms with Crippen LogP contribution in [0.4, 0.5) is 0 Å². The van der Waals surface area contributed by atoms with E-state index in [2.05, 4.69) is 18.4 Å². The third-order valence-electron chi connectivity index (χ3n) is 7.55. The van der Waals surface area contributed by atoms with E-state index in [1.165, 1.54) is 103 Å². The summed E-state index contributed by atoms with van der Waals surface area (Å²) in [5, 5.41) is 26.1. The third-order valence-corrected chi connectivity index (χ3v) is 8.03. The number of carbonyl (C=O) groups is 2. The molecular weight excluding hydrogens is 615 g/mol. The van der Waals surface area contributed by atoms with Crippen LogP contribution in [0.1, 0.15) is 168 Å². The average Bonchev–Trinajstić information content (AvgIpc) is 3.03. The fourth-order valence-corrected chi connectivity index (χ4v) is 5.10. The molecule has 0 radical (unpaired) electrons. The van der Waals surface area contributed by atoms with Crippen molar-refractivity contribution in [3.05, 3.63) is 0 Å². The molecule has 2 atom stereocenters. The molecule has 0 fully saturated rings. The van der Waals surface area contributed by atoms with Crippen molar-refractivity contribution in [1.29, 1.82) is 0 Å². The number of phosphoric acid groups is 1. The summed E-state index contributed by atoms with van der Waals surface area (Å²) in [5.74, 6) is -0.586. The van der Waals surface area contributed by atoms with Gasteiger partial charge in [-0.25, -0.2) is 4.57 Å². The monoisotopic (exact) mass is 684 g/mol. The van der Waals surface area contributed by atoms with Gasteiger partial charge >= 0.3 is 19.8 Å². The molecule has 12 heteroatoms. The van der Waals surface area contributed by atoms with Gasteiger partial charge in [-0.15, -0.1) is 0 Å². The first-order valence-electron chi connectivity index (χ1n) is 18.0. The number of rotatable bonds is 32. The molecule has 0 amide bonds. The number of phosphoric ester groups is 1. The van der Waals surface area contributed by atoms with E-state index in [9.17, 15) is 19.3 Å². The molecule has 0 saturated carbocycles. The summed E-state index contributed by atoms with van der Waals surface area (Å²) < 4.78 is 24.3. The number of aliphatic hydroxyl groups excluding tert-OH is 3. The van der Waals surface area contributed by atoms with Gasteiger partial charge in [0.05, 0.1) is 19.8 Å². The van der Waals surface area contributed by atoms with Crippen LogP contribution in [0.25, 0.3) is 0 Å². The largest absolute Gasteiger partial charge is 0.469 e. The summed E-state index contributed by atoms with van der Waals surface area (Å²) >= 11 is 0. The van der Waals surface area contributed by atoms with Crippen molar-refractivity contribution in [3.8, 4) is 0 Å². The van der Waals surface area contributed by atoms with E-state index in [4.69, 9.17) is 29.5 Å². The molecule has 0 rings (SSSR count). The number of aliphatic hydroxyl groups is 3. The van der Waals surface area contributed by atoms with E-state index in [0.29, 0.717) is 12.8 Å². The standard InChI is InChI=1S/C31H60O5.C3H9O6P/c1-3-5-7-9-11-13-15-17-19-21-23-25-30(33)35-28-29(27-32)36-31(34)26-24-22-20-18-16-14-12-10-8-6-4-2;4-1-3(5)2-9-10(6,7)8/h29,32H,3-28H2,1-2H3;3-5H,1-2H2,(H2,6,7,8)/t29-;/m0./s1. The fourth-order valence-electron chi connectivity index (χ4n) is 4.73. The summed E-state index contributed by atoms with van der Waals surface area (Å²) in [4.78, 5) is 40.1. The lowest BCUT2D eigenvalue weighted by Gasteiger charge is -2.15. The van der Waals surface area contributed by atoms with Gasteiger partial charge in [0.1, 0.15) is 12.7 Å². The Morgan fingerprint density at radius 2 is 0.935 bits per heavy atom. The Hall–Kier alpha value is -1.07. The van der Waals surface area contributed by atoms with Crippen LogP contribution in [-0.2, 0) is 28.2 Å². The fraction of sp³-hybridized carbons (Fsp3) is 0.941. The van der Waals surface area contributed by atoms with Crippen molar-refractivity contribution in [2.45, 2.75) is 180 Å². The molecule has 0 heterocycles. The maximum absolute atomic E-state index is 12.0. The normalized spacial score (nSPS) is 12.7. The Labute approximate surface area is 279 Å². The molecule has 0 aromatic heterocycles. The van der Waals surface area contributed by atoms with Gasteiger partial charge in [0.25, 0.3) is 0 Å². The first kappa shape index (κ1) is 47.0. The van der Waals surface area contributed by atoms with Gasteiger partial charge in [0, 0.05) is 12.8 Å². The predicted octanol–water partition coefficient (Wildman–Crippen LogP) is 7.28. The Kier molecular flexibility index (Phi) is 36.0. The van der Waals surface area contributed by atoms with Crippen molar-refractivity contribution < 1.29 is 53.3 Å². The lowest BCUT2D eigenvalue weighted by atomic mass is 10.1. The van der Waals surface area contributed by atoms with Crippen molar-refractivity contribution >= 4 is 19.8 Å². The molecule has 11 nitrogen and oxygen atoms in total. The highest BCUT2D eigenvalue weighted by molar-refractivity contribution is 7.46. The Balaban J connectivity index is 0. The summed E-state index contributed by atoms with van der Waals surface area (Å²) in [5.41, 5.74) is 0. The van der Waals surface area contributed by atoms with E-state index in [0.717, 1.165) is 38.5 Å². The molecule has 0 spiro atoms. The van der Waals surface area contributed by atoms with Crippen molar-refractivity contribution in [2.24, 2.45) is 0 Å². The van der Waals surface area contributed by atoms with Crippen LogP contribution < -0.4 is 0 Å². The molecule has 0 aromatic carbocycles. The molecular formula is C34H69O11P. The van der Waals surface area contributed by atoms with E-state index in [1.54, 1.807) is 0 Å². The van der Waals surface area contributed by atoms with Crippen LogP contribution >= 0.6 is 7.82 Å². The van der Waals surface area contributed by atoms with Gasteiger partial charge in [-0.05, 0) is 12.8 Å². The Morgan fingerprint density at radius 1 is 0.565 bits per heavy atom. The first-order valence-corrected chi connectivity index (χ1v) is 19.6. The van der Waals surface area contributed by atoms with Gasteiger partial charge in [-0.2, -0.15) is 0 Å². The molecule has 0 aliphatic carbocycles. The topological polar surface area (TPSA) is 180 Å². The highest BCUT2D eigenvalue weighted by Gasteiger charge is 2.17. The summed E-state index contributed by atoms with van der Waals surface area (Å²) in [6.07, 6.45) is 26.0. The van der Waals surface area contributed by atoms with Crippen LogP contribution in [0.2, 0.25) is 0 Å². The highest BCUT2D eigenvalue weighted by atomic mass is 31.2. The minimum absolute atomic E-state index is 0.0582. The number of esters is 2.